The normalized spacial score (nSPS) is 13.8. The van der Waals surface area contributed by atoms with Crippen LogP contribution in [-0.2, 0) is 13.1 Å². The fourth-order valence-electron chi connectivity index (χ4n) is 3.14. The molecule has 2 aromatic heterocycles. The van der Waals surface area contributed by atoms with E-state index in [0.717, 1.165) is 12.7 Å². The molecule has 0 spiro atoms. The van der Waals surface area contributed by atoms with Crippen molar-refractivity contribution in [2.24, 2.45) is 0 Å². The van der Waals surface area contributed by atoms with Gasteiger partial charge in [0, 0.05) is 43.0 Å². The highest BCUT2D eigenvalue weighted by Crippen LogP contribution is 2.20. The minimum absolute atomic E-state index is 0.0797. The molecular formula is C20H21F4N7. The molecule has 1 aromatic carbocycles. The third-order valence-corrected chi connectivity index (χ3v) is 5.05. The summed E-state index contributed by atoms with van der Waals surface area (Å²) >= 11 is 0. The van der Waals surface area contributed by atoms with Gasteiger partial charge in [0.05, 0.1) is 24.6 Å². The number of rotatable bonds is 9. The van der Waals surface area contributed by atoms with Crippen molar-refractivity contribution in [2.75, 3.05) is 17.2 Å². The van der Waals surface area contributed by atoms with Crippen molar-refractivity contribution in [3.8, 4) is 0 Å². The molecule has 0 aliphatic heterocycles. The third kappa shape index (κ3) is 5.29. The number of nitrogens with one attached hydrogen (secondary N) is 3. The van der Waals surface area contributed by atoms with E-state index in [9.17, 15) is 17.6 Å². The van der Waals surface area contributed by atoms with Crippen LogP contribution in [0.2, 0.25) is 0 Å². The first kappa shape index (κ1) is 21.0. The summed E-state index contributed by atoms with van der Waals surface area (Å²) in [6.07, 6.45) is 7.99. The van der Waals surface area contributed by atoms with Crippen LogP contribution in [-0.4, -0.2) is 32.3 Å². The Labute approximate surface area is 175 Å². The van der Waals surface area contributed by atoms with E-state index in [1.54, 1.807) is 17.1 Å². The van der Waals surface area contributed by atoms with E-state index in [1.165, 1.54) is 19.3 Å². The highest BCUT2D eigenvalue weighted by atomic mass is 19.1. The molecule has 0 atom stereocenters. The number of halogens is 4. The van der Waals surface area contributed by atoms with Crippen LogP contribution in [0.3, 0.4) is 0 Å². The SMILES string of the molecule is Fc1cc(F)c(CNc2nc(Nc3cnn(CCNC4CCC4)c3)ncc2F)c(F)c1. The fourth-order valence-corrected chi connectivity index (χ4v) is 3.14. The summed E-state index contributed by atoms with van der Waals surface area (Å²) in [6.45, 7) is 1.09. The van der Waals surface area contributed by atoms with Crippen LogP contribution in [0, 0.1) is 23.3 Å². The van der Waals surface area contributed by atoms with Gasteiger partial charge in [-0.05, 0) is 12.8 Å². The second kappa shape index (κ2) is 9.29. The summed E-state index contributed by atoms with van der Waals surface area (Å²) in [5.74, 6) is -4.15. The van der Waals surface area contributed by atoms with Crippen molar-refractivity contribution in [1.29, 1.82) is 0 Å². The van der Waals surface area contributed by atoms with Gasteiger partial charge in [-0.15, -0.1) is 0 Å². The molecule has 7 nitrogen and oxygen atoms in total. The van der Waals surface area contributed by atoms with Crippen molar-refractivity contribution in [3.63, 3.8) is 0 Å². The van der Waals surface area contributed by atoms with Crippen LogP contribution in [0.4, 0.5) is 35.0 Å². The molecule has 0 saturated heterocycles. The summed E-state index contributed by atoms with van der Waals surface area (Å²) in [5, 5.41) is 13.1. The second-order valence-electron chi connectivity index (χ2n) is 7.29. The molecule has 11 heteroatoms. The second-order valence-corrected chi connectivity index (χ2v) is 7.29. The lowest BCUT2D eigenvalue weighted by molar-refractivity contribution is 0.332. The Bertz CT molecular complexity index is 1030. The van der Waals surface area contributed by atoms with Gasteiger partial charge in [0.15, 0.2) is 11.6 Å². The zero-order chi connectivity index (χ0) is 21.8. The van der Waals surface area contributed by atoms with Crippen molar-refractivity contribution >= 4 is 17.5 Å². The predicted octanol–water partition coefficient (Wildman–Crippen LogP) is 3.73. The highest BCUT2D eigenvalue weighted by molar-refractivity contribution is 5.52. The summed E-state index contributed by atoms with van der Waals surface area (Å²) in [4.78, 5) is 7.86. The van der Waals surface area contributed by atoms with Gasteiger partial charge in [0.25, 0.3) is 0 Å². The van der Waals surface area contributed by atoms with E-state index in [-0.39, 0.29) is 11.8 Å². The van der Waals surface area contributed by atoms with Crippen LogP contribution in [0.1, 0.15) is 24.8 Å². The maximum Gasteiger partial charge on any atom is 0.229 e. The number of nitrogens with zero attached hydrogens (tertiary/aromatic N) is 4. The van der Waals surface area contributed by atoms with E-state index >= 15 is 0 Å². The van der Waals surface area contributed by atoms with Gasteiger partial charge in [-0.2, -0.15) is 10.1 Å². The van der Waals surface area contributed by atoms with Crippen molar-refractivity contribution in [2.45, 2.75) is 38.4 Å². The van der Waals surface area contributed by atoms with Crippen molar-refractivity contribution in [1.82, 2.24) is 25.1 Å². The molecule has 3 aromatic rings. The van der Waals surface area contributed by atoms with Crippen LogP contribution in [0.5, 0.6) is 0 Å². The van der Waals surface area contributed by atoms with Crippen LogP contribution >= 0.6 is 0 Å². The summed E-state index contributed by atoms with van der Waals surface area (Å²) in [7, 11) is 0. The number of anilines is 3. The van der Waals surface area contributed by atoms with Crippen LogP contribution < -0.4 is 16.0 Å². The molecule has 1 saturated carbocycles. The molecule has 1 fully saturated rings. The van der Waals surface area contributed by atoms with E-state index in [4.69, 9.17) is 0 Å². The zero-order valence-corrected chi connectivity index (χ0v) is 16.5. The van der Waals surface area contributed by atoms with Crippen molar-refractivity contribution in [3.05, 3.63) is 59.6 Å². The maximum absolute atomic E-state index is 14.0. The van der Waals surface area contributed by atoms with Gasteiger partial charge in [0.1, 0.15) is 17.5 Å². The lowest BCUT2D eigenvalue weighted by atomic mass is 9.93. The zero-order valence-electron chi connectivity index (χ0n) is 16.5. The van der Waals surface area contributed by atoms with E-state index in [0.29, 0.717) is 30.4 Å². The molecule has 0 unspecified atom stereocenters. The highest BCUT2D eigenvalue weighted by Gasteiger charge is 2.16. The first-order valence-electron chi connectivity index (χ1n) is 9.90. The summed E-state index contributed by atoms with van der Waals surface area (Å²) in [6, 6.07) is 1.72. The van der Waals surface area contributed by atoms with Gasteiger partial charge in [0.2, 0.25) is 5.95 Å². The van der Waals surface area contributed by atoms with Gasteiger partial charge in [-0.3, -0.25) is 4.68 Å². The molecular weight excluding hydrogens is 414 g/mol. The molecule has 0 radical (unpaired) electrons. The fraction of sp³-hybridized carbons (Fsp3) is 0.350. The Hall–Kier alpha value is -3.21. The first-order valence-corrected chi connectivity index (χ1v) is 9.90. The number of aromatic nitrogens is 4. The lowest BCUT2D eigenvalue weighted by Crippen LogP contribution is -2.37. The van der Waals surface area contributed by atoms with Crippen LogP contribution in [0.25, 0.3) is 0 Å². The Balaban J connectivity index is 1.36. The lowest BCUT2D eigenvalue weighted by Gasteiger charge is -2.26. The van der Waals surface area contributed by atoms with Gasteiger partial charge in [-0.1, -0.05) is 6.42 Å². The minimum atomic E-state index is -1.07. The maximum atomic E-state index is 14.0. The summed E-state index contributed by atoms with van der Waals surface area (Å²) < 4.78 is 56.3. The topological polar surface area (TPSA) is 79.7 Å². The molecule has 4 rings (SSSR count). The monoisotopic (exact) mass is 435 g/mol. The Morgan fingerprint density at radius 2 is 1.81 bits per heavy atom. The Morgan fingerprint density at radius 1 is 1.03 bits per heavy atom. The standard InChI is InChI=1S/C20H21F4N7/c21-12-6-16(22)15(17(23)7-12)9-26-19-18(24)10-27-20(30-19)29-14-8-28-31(11-14)5-4-25-13-2-1-3-13/h6-8,10-11,13,25H,1-5,9H2,(H2,26,27,29,30). The first-order chi connectivity index (χ1) is 15.0. The van der Waals surface area contributed by atoms with Gasteiger partial charge < -0.3 is 16.0 Å². The average Bonchev–Trinajstić information content (AvgIpc) is 3.12. The number of hydrogen-bond donors (Lipinski definition) is 3. The molecule has 3 N–H and O–H groups in total. The molecule has 0 amide bonds. The molecule has 0 bridgehead atoms. The van der Waals surface area contributed by atoms with Crippen LogP contribution in [0.15, 0.2) is 30.7 Å². The van der Waals surface area contributed by atoms with E-state index < -0.39 is 35.4 Å². The van der Waals surface area contributed by atoms with E-state index in [2.05, 4.69) is 31.0 Å². The smallest absolute Gasteiger partial charge is 0.229 e. The largest absolute Gasteiger partial charge is 0.363 e. The Kier molecular flexibility index (Phi) is 6.31. The predicted molar refractivity (Wildman–Crippen MR) is 107 cm³/mol. The van der Waals surface area contributed by atoms with E-state index in [1.807, 2.05) is 0 Å². The number of benzene rings is 1. The van der Waals surface area contributed by atoms with Gasteiger partial charge >= 0.3 is 0 Å². The minimum Gasteiger partial charge on any atom is -0.363 e. The van der Waals surface area contributed by atoms with Gasteiger partial charge in [-0.25, -0.2) is 22.5 Å². The molecule has 31 heavy (non-hydrogen) atoms. The summed E-state index contributed by atoms with van der Waals surface area (Å²) in [5.41, 5.74) is 0.183. The molecule has 1 aliphatic rings. The molecule has 164 valence electrons. The Morgan fingerprint density at radius 3 is 2.52 bits per heavy atom. The quantitative estimate of drug-likeness (QED) is 0.445. The molecule has 1 aliphatic carbocycles. The average molecular weight is 435 g/mol. The molecule has 2 heterocycles. The van der Waals surface area contributed by atoms with Crippen molar-refractivity contribution < 1.29 is 17.6 Å². The number of hydrogen-bond acceptors (Lipinski definition) is 6. The third-order valence-electron chi connectivity index (χ3n) is 5.05.